The van der Waals surface area contributed by atoms with E-state index in [-0.39, 0.29) is 37.4 Å². The minimum Gasteiger partial charge on any atom is -0.356 e. The third kappa shape index (κ3) is 6.07. The van der Waals surface area contributed by atoms with Gasteiger partial charge in [0.25, 0.3) is 11.5 Å². The fraction of sp³-hybridized carbons (Fsp3) is 0.360. The highest BCUT2D eigenvalue weighted by Crippen LogP contribution is 2.38. The molecule has 15 heteroatoms. The van der Waals surface area contributed by atoms with Crippen LogP contribution >= 0.6 is 0 Å². The SMILES string of the molecule is Cc1cc(=O)[nH]c(-c2c(C(F)(F)F)ccc(CNC(=O)C3(F)CCN(c4ccc(C(F)(F)F)cn4)CC3)c2F)n1. The summed E-state index contributed by atoms with van der Waals surface area (Å²) in [6.45, 7) is 0.552. The second-order valence-electron chi connectivity index (χ2n) is 9.23. The number of H-pyrrole nitrogens is 1. The number of alkyl halides is 7. The smallest absolute Gasteiger partial charge is 0.356 e. The number of anilines is 1. The Morgan fingerprint density at radius 3 is 2.30 bits per heavy atom. The van der Waals surface area contributed by atoms with Gasteiger partial charge in [0, 0.05) is 56.0 Å². The maximum Gasteiger partial charge on any atom is 0.417 e. The molecule has 7 nitrogen and oxygen atoms in total. The first-order chi connectivity index (χ1) is 18.6. The fourth-order valence-corrected chi connectivity index (χ4v) is 4.31. The van der Waals surface area contributed by atoms with Crippen LogP contribution in [0.2, 0.25) is 0 Å². The van der Waals surface area contributed by atoms with E-state index in [0.717, 1.165) is 24.3 Å². The molecule has 1 aromatic carbocycles. The molecule has 2 N–H and O–H groups in total. The molecule has 1 saturated heterocycles. The number of pyridine rings is 1. The van der Waals surface area contributed by atoms with Gasteiger partial charge in [-0.3, -0.25) is 9.59 Å². The molecule has 0 aliphatic carbocycles. The van der Waals surface area contributed by atoms with Crippen molar-refractivity contribution in [3.05, 3.63) is 75.1 Å². The molecule has 3 aromatic rings. The topological polar surface area (TPSA) is 91.0 Å². The van der Waals surface area contributed by atoms with Crippen molar-refractivity contribution in [2.24, 2.45) is 0 Å². The van der Waals surface area contributed by atoms with Gasteiger partial charge in [-0.25, -0.2) is 18.7 Å². The predicted octanol–water partition coefficient (Wildman–Crippen LogP) is 4.94. The average molecular weight is 575 g/mol. The molecular weight excluding hydrogens is 554 g/mol. The second-order valence-corrected chi connectivity index (χ2v) is 9.23. The van der Waals surface area contributed by atoms with Crippen LogP contribution in [0.15, 0.2) is 41.3 Å². The van der Waals surface area contributed by atoms with E-state index in [1.54, 1.807) is 0 Å². The average Bonchev–Trinajstić information content (AvgIpc) is 2.86. The molecule has 0 spiro atoms. The minimum absolute atomic E-state index is 0.0437. The van der Waals surface area contributed by atoms with Crippen LogP contribution in [0.4, 0.5) is 40.9 Å². The van der Waals surface area contributed by atoms with Crippen molar-refractivity contribution in [2.45, 2.75) is 44.3 Å². The number of rotatable bonds is 5. The lowest BCUT2D eigenvalue weighted by Crippen LogP contribution is -2.51. The first-order valence-electron chi connectivity index (χ1n) is 11.8. The van der Waals surface area contributed by atoms with Gasteiger partial charge in [-0.1, -0.05) is 6.07 Å². The zero-order valence-electron chi connectivity index (χ0n) is 20.7. The molecule has 0 radical (unpaired) electrons. The monoisotopic (exact) mass is 575 g/mol. The number of aromatic nitrogens is 3. The van der Waals surface area contributed by atoms with Gasteiger partial charge in [-0.05, 0) is 25.1 Å². The van der Waals surface area contributed by atoms with Crippen molar-refractivity contribution in [2.75, 3.05) is 18.0 Å². The molecule has 40 heavy (non-hydrogen) atoms. The minimum atomic E-state index is -5.00. The molecule has 4 rings (SSSR count). The van der Waals surface area contributed by atoms with Crippen LogP contribution < -0.4 is 15.8 Å². The number of aromatic amines is 1. The Kier molecular flexibility index (Phi) is 7.60. The van der Waals surface area contributed by atoms with Gasteiger partial charge in [-0.2, -0.15) is 26.3 Å². The van der Waals surface area contributed by atoms with Crippen molar-refractivity contribution in [1.29, 1.82) is 0 Å². The Morgan fingerprint density at radius 2 is 1.75 bits per heavy atom. The Hall–Kier alpha value is -4.04. The number of nitrogens with one attached hydrogen (secondary N) is 2. The van der Waals surface area contributed by atoms with Crippen LogP contribution in [-0.4, -0.2) is 39.6 Å². The summed E-state index contributed by atoms with van der Waals surface area (Å²) in [4.78, 5) is 35.6. The van der Waals surface area contributed by atoms with E-state index in [9.17, 15) is 35.9 Å². The first-order valence-corrected chi connectivity index (χ1v) is 11.8. The normalized spacial score (nSPS) is 15.7. The van der Waals surface area contributed by atoms with E-state index in [0.29, 0.717) is 12.3 Å². The number of amides is 1. The number of carbonyl (C=O) groups is 1. The Balaban J connectivity index is 1.48. The lowest BCUT2D eigenvalue weighted by molar-refractivity contribution is -0.138. The summed E-state index contributed by atoms with van der Waals surface area (Å²) >= 11 is 0. The van der Waals surface area contributed by atoms with Crippen LogP contribution in [0, 0.1) is 12.7 Å². The number of hydrogen-bond donors (Lipinski definition) is 2. The van der Waals surface area contributed by atoms with E-state index in [4.69, 9.17) is 0 Å². The van der Waals surface area contributed by atoms with Gasteiger partial charge < -0.3 is 15.2 Å². The zero-order chi connectivity index (χ0) is 29.5. The maximum absolute atomic E-state index is 15.4. The third-order valence-electron chi connectivity index (χ3n) is 6.44. The highest BCUT2D eigenvalue weighted by Gasteiger charge is 2.42. The molecule has 0 saturated carbocycles. The van der Waals surface area contributed by atoms with Gasteiger partial charge in [-0.15, -0.1) is 0 Å². The zero-order valence-corrected chi connectivity index (χ0v) is 20.7. The molecule has 1 aliphatic rings. The lowest BCUT2D eigenvalue weighted by Gasteiger charge is -2.36. The van der Waals surface area contributed by atoms with Crippen molar-refractivity contribution < 1.29 is 39.9 Å². The number of benzene rings is 1. The summed E-state index contributed by atoms with van der Waals surface area (Å²) in [6.07, 6.45) is -9.65. The summed E-state index contributed by atoms with van der Waals surface area (Å²) in [5.74, 6) is -3.03. The number of carbonyl (C=O) groups excluding carboxylic acids is 1. The maximum atomic E-state index is 15.4. The molecule has 1 amide bonds. The molecule has 2 aromatic heterocycles. The molecule has 214 valence electrons. The standard InChI is InChI=1S/C25H21F8N5O2/c1-13-10-18(39)37-21(36-13)19-16(25(31,32)33)4-2-14(20(19)26)11-35-22(40)23(27)6-8-38(9-7-23)17-5-3-15(12-34-17)24(28,29)30/h2-5,10,12H,6-9,11H2,1H3,(H,35,40)(H,36,37,39). The van der Waals surface area contributed by atoms with Crippen molar-refractivity contribution in [1.82, 2.24) is 20.3 Å². The summed E-state index contributed by atoms with van der Waals surface area (Å²) in [7, 11) is 0. The van der Waals surface area contributed by atoms with E-state index in [1.807, 2.05) is 0 Å². The number of halogens is 8. The molecule has 1 fully saturated rings. The molecule has 0 atom stereocenters. The van der Waals surface area contributed by atoms with Crippen LogP contribution in [0.5, 0.6) is 0 Å². The Bertz CT molecular complexity index is 1460. The quantitative estimate of drug-likeness (QED) is 0.421. The Labute approximate surface area is 221 Å². The predicted molar refractivity (Wildman–Crippen MR) is 126 cm³/mol. The lowest BCUT2D eigenvalue weighted by atomic mass is 9.92. The van der Waals surface area contributed by atoms with Gasteiger partial charge in [0.1, 0.15) is 17.5 Å². The van der Waals surface area contributed by atoms with E-state index in [2.05, 4.69) is 20.3 Å². The second kappa shape index (κ2) is 10.5. The van der Waals surface area contributed by atoms with Crippen LogP contribution in [0.3, 0.4) is 0 Å². The fourth-order valence-electron chi connectivity index (χ4n) is 4.31. The number of aryl methyl sites for hydroxylation is 1. The molecule has 0 bridgehead atoms. The third-order valence-corrected chi connectivity index (χ3v) is 6.44. The van der Waals surface area contributed by atoms with Gasteiger partial charge in [0.2, 0.25) is 0 Å². The molecule has 3 heterocycles. The number of nitrogens with zero attached hydrogens (tertiary/aromatic N) is 3. The summed E-state index contributed by atoms with van der Waals surface area (Å²) in [5.41, 5.74) is -6.96. The van der Waals surface area contributed by atoms with Crippen molar-refractivity contribution >= 4 is 11.7 Å². The largest absolute Gasteiger partial charge is 0.417 e. The molecule has 1 aliphatic heterocycles. The van der Waals surface area contributed by atoms with Crippen LogP contribution in [0.25, 0.3) is 11.4 Å². The molecular formula is C25H21F8N5O2. The first kappa shape index (κ1) is 29.0. The highest BCUT2D eigenvalue weighted by molar-refractivity contribution is 5.85. The number of hydrogen-bond acceptors (Lipinski definition) is 5. The van der Waals surface area contributed by atoms with Crippen molar-refractivity contribution in [3.63, 3.8) is 0 Å². The Morgan fingerprint density at radius 1 is 1.07 bits per heavy atom. The number of piperidine rings is 1. The van der Waals surface area contributed by atoms with Gasteiger partial charge >= 0.3 is 12.4 Å². The van der Waals surface area contributed by atoms with E-state index in [1.165, 1.54) is 11.8 Å². The molecule has 0 unspecified atom stereocenters. The van der Waals surface area contributed by atoms with E-state index >= 15 is 8.78 Å². The van der Waals surface area contributed by atoms with Crippen LogP contribution in [0.1, 0.15) is 35.2 Å². The highest BCUT2D eigenvalue weighted by atomic mass is 19.4. The summed E-state index contributed by atoms with van der Waals surface area (Å²) in [6, 6.07) is 4.34. The van der Waals surface area contributed by atoms with Crippen LogP contribution in [-0.2, 0) is 23.7 Å². The van der Waals surface area contributed by atoms with Gasteiger partial charge in [0.05, 0.1) is 16.7 Å². The summed E-state index contributed by atoms with van der Waals surface area (Å²) in [5, 5.41) is 2.20. The summed E-state index contributed by atoms with van der Waals surface area (Å²) < 4.78 is 110. The van der Waals surface area contributed by atoms with E-state index < -0.39 is 69.9 Å². The van der Waals surface area contributed by atoms with Crippen molar-refractivity contribution in [3.8, 4) is 11.4 Å². The van der Waals surface area contributed by atoms with Gasteiger partial charge in [0.15, 0.2) is 5.67 Å².